The Hall–Kier alpha value is -1.36. The summed E-state index contributed by atoms with van der Waals surface area (Å²) in [7, 11) is -3.34. The Bertz CT molecular complexity index is 864. The second kappa shape index (κ2) is 7.71. The first-order valence-corrected chi connectivity index (χ1v) is 11.3. The highest BCUT2D eigenvalue weighted by Gasteiger charge is 2.42. The molecule has 0 amide bonds. The van der Waals surface area contributed by atoms with Gasteiger partial charge in [0.1, 0.15) is 0 Å². The molecule has 0 saturated carbocycles. The van der Waals surface area contributed by atoms with Crippen molar-refractivity contribution in [3.8, 4) is 0 Å². The molecule has 1 N–H and O–H groups in total. The zero-order valence-electron chi connectivity index (χ0n) is 15.3. The summed E-state index contributed by atoms with van der Waals surface area (Å²) >= 11 is 6.10. The van der Waals surface area contributed by atoms with Crippen LogP contribution in [0, 0.1) is 0 Å². The number of unbranched alkanes of at least 4 members (excludes halogenated alkanes) is 1. The maximum Gasteiger partial charge on any atom is 0.180 e. The minimum absolute atomic E-state index is 0.0806. The van der Waals surface area contributed by atoms with Gasteiger partial charge in [-0.15, -0.1) is 0 Å². The molecule has 2 unspecified atom stereocenters. The SMILES string of the molecule is CCCCC1CS(=O)(=O)c2ccccc2C(CC)(c2ccc(Cl)cc2)N1. The van der Waals surface area contributed by atoms with E-state index in [0.29, 0.717) is 9.92 Å². The Balaban J connectivity index is 2.22. The molecule has 0 fully saturated rings. The van der Waals surface area contributed by atoms with Crippen LogP contribution in [-0.4, -0.2) is 20.2 Å². The molecule has 0 spiro atoms. The summed E-state index contributed by atoms with van der Waals surface area (Å²) in [6, 6.07) is 15.1. The van der Waals surface area contributed by atoms with Crippen molar-refractivity contribution in [3.63, 3.8) is 0 Å². The van der Waals surface area contributed by atoms with Crippen molar-refractivity contribution in [2.45, 2.75) is 56.0 Å². The van der Waals surface area contributed by atoms with Gasteiger partial charge in [-0.2, -0.15) is 0 Å². The molecule has 0 saturated heterocycles. The van der Waals surface area contributed by atoms with Gasteiger partial charge in [0.2, 0.25) is 0 Å². The van der Waals surface area contributed by atoms with Gasteiger partial charge in [0, 0.05) is 11.1 Å². The summed E-state index contributed by atoms with van der Waals surface area (Å²) in [6.07, 6.45) is 3.65. The summed E-state index contributed by atoms with van der Waals surface area (Å²) in [6.45, 7) is 4.24. The van der Waals surface area contributed by atoms with E-state index in [0.717, 1.165) is 36.8 Å². The van der Waals surface area contributed by atoms with Crippen LogP contribution in [0.3, 0.4) is 0 Å². The van der Waals surface area contributed by atoms with Gasteiger partial charge in [-0.1, -0.05) is 68.6 Å². The van der Waals surface area contributed by atoms with E-state index in [2.05, 4.69) is 19.2 Å². The number of halogens is 1. The summed E-state index contributed by atoms with van der Waals surface area (Å²) < 4.78 is 26.2. The smallest absolute Gasteiger partial charge is 0.180 e. The number of nitrogens with one attached hydrogen (secondary N) is 1. The first-order valence-electron chi connectivity index (χ1n) is 9.29. The zero-order chi connectivity index (χ0) is 18.8. The van der Waals surface area contributed by atoms with Crippen LogP contribution in [0.25, 0.3) is 0 Å². The fourth-order valence-corrected chi connectivity index (χ4v) is 5.94. The van der Waals surface area contributed by atoms with Crippen LogP contribution in [0.5, 0.6) is 0 Å². The van der Waals surface area contributed by atoms with Crippen molar-refractivity contribution in [1.29, 1.82) is 0 Å². The summed E-state index contributed by atoms with van der Waals surface area (Å²) in [5.74, 6) is 0.138. The van der Waals surface area contributed by atoms with Crippen molar-refractivity contribution in [1.82, 2.24) is 5.32 Å². The summed E-state index contributed by atoms with van der Waals surface area (Å²) in [5, 5.41) is 4.42. The second-order valence-corrected chi connectivity index (χ2v) is 9.47. The molecule has 0 aliphatic carbocycles. The van der Waals surface area contributed by atoms with Crippen LogP contribution in [-0.2, 0) is 15.4 Å². The van der Waals surface area contributed by atoms with Crippen molar-refractivity contribution in [2.75, 3.05) is 5.75 Å². The number of hydrogen-bond acceptors (Lipinski definition) is 3. The Kier molecular flexibility index (Phi) is 5.75. The highest BCUT2D eigenvalue weighted by molar-refractivity contribution is 7.91. The number of hydrogen-bond donors (Lipinski definition) is 1. The lowest BCUT2D eigenvalue weighted by Gasteiger charge is -2.37. The van der Waals surface area contributed by atoms with Gasteiger partial charge in [-0.3, -0.25) is 5.32 Å². The minimum Gasteiger partial charge on any atom is -0.300 e. The van der Waals surface area contributed by atoms with Crippen LogP contribution < -0.4 is 5.32 Å². The van der Waals surface area contributed by atoms with E-state index in [4.69, 9.17) is 11.6 Å². The molecule has 0 radical (unpaired) electrons. The third-order valence-electron chi connectivity index (χ3n) is 5.33. The van der Waals surface area contributed by atoms with Crippen LogP contribution >= 0.6 is 11.6 Å². The van der Waals surface area contributed by atoms with Crippen LogP contribution in [0.2, 0.25) is 5.02 Å². The molecular weight excluding hydrogens is 366 g/mol. The lowest BCUT2D eigenvalue weighted by atomic mass is 9.79. The van der Waals surface area contributed by atoms with Gasteiger partial charge in [-0.25, -0.2) is 8.42 Å². The van der Waals surface area contributed by atoms with Crippen molar-refractivity contribution < 1.29 is 8.42 Å². The fraction of sp³-hybridized carbons (Fsp3) is 0.429. The Morgan fingerprint density at radius 3 is 2.46 bits per heavy atom. The molecular formula is C21H26ClNO2S. The van der Waals surface area contributed by atoms with Crippen molar-refractivity contribution in [3.05, 3.63) is 64.7 Å². The average molecular weight is 392 g/mol. The fourth-order valence-electron chi connectivity index (χ4n) is 3.99. The number of sulfone groups is 1. The quantitative estimate of drug-likeness (QED) is 0.786. The van der Waals surface area contributed by atoms with Gasteiger partial charge in [0.05, 0.1) is 16.2 Å². The zero-order valence-corrected chi connectivity index (χ0v) is 16.9. The molecule has 3 nitrogen and oxygen atoms in total. The topological polar surface area (TPSA) is 46.2 Å². The minimum atomic E-state index is -3.34. The first-order chi connectivity index (χ1) is 12.4. The van der Waals surface area contributed by atoms with E-state index < -0.39 is 15.4 Å². The van der Waals surface area contributed by atoms with Crippen LogP contribution in [0.1, 0.15) is 50.7 Å². The molecule has 0 aromatic heterocycles. The van der Waals surface area contributed by atoms with Gasteiger partial charge in [-0.05, 0) is 42.2 Å². The molecule has 1 aliphatic rings. The molecule has 1 heterocycles. The largest absolute Gasteiger partial charge is 0.300 e. The van der Waals surface area contributed by atoms with E-state index in [-0.39, 0.29) is 11.8 Å². The molecule has 2 atom stereocenters. The maximum absolute atomic E-state index is 13.1. The van der Waals surface area contributed by atoms with Crippen LogP contribution in [0.4, 0.5) is 0 Å². The lowest BCUT2D eigenvalue weighted by Crippen LogP contribution is -2.48. The number of rotatable bonds is 5. The van der Waals surface area contributed by atoms with Gasteiger partial charge < -0.3 is 0 Å². The Morgan fingerprint density at radius 2 is 1.81 bits per heavy atom. The van der Waals surface area contributed by atoms with Crippen molar-refractivity contribution in [2.24, 2.45) is 0 Å². The van der Waals surface area contributed by atoms with E-state index in [1.807, 2.05) is 42.5 Å². The molecule has 26 heavy (non-hydrogen) atoms. The van der Waals surface area contributed by atoms with Gasteiger partial charge >= 0.3 is 0 Å². The molecule has 0 bridgehead atoms. The highest BCUT2D eigenvalue weighted by atomic mass is 35.5. The van der Waals surface area contributed by atoms with Gasteiger partial charge in [0.25, 0.3) is 0 Å². The first kappa shape index (κ1) is 19.4. The number of benzene rings is 2. The molecule has 1 aliphatic heterocycles. The van der Waals surface area contributed by atoms with E-state index in [1.165, 1.54) is 0 Å². The van der Waals surface area contributed by atoms with E-state index in [1.54, 1.807) is 6.07 Å². The molecule has 140 valence electrons. The van der Waals surface area contributed by atoms with Crippen LogP contribution in [0.15, 0.2) is 53.4 Å². The molecule has 2 aromatic carbocycles. The monoisotopic (exact) mass is 391 g/mol. The van der Waals surface area contributed by atoms with E-state index >= 15 is 0 Å². The maximum atomic E-state index is 13.1. The summed E-state index contributed by atoms with van der Waals surface area (Å²) in [4.78, 5) is 0.447. The second-order valence-electron chi connectivity index (χ2n) is 7.03. The predicted octanol–water partition coefficient (Wildman–Crippen LogP) is 4.93. The number of fused-ring (bicyclic) bond motifs is 1. The third kappa shape index (κ3) is 3.55. The predicted molar refractivity (Wildman–Crippen MR) is 107 cm³/mol. The molecule has 3 rings (SSSR count). The normalized spacial score (nSPS) is 24.7. The summed E-state index contributed by atoms with van der Waals surface area (Å²) in [5.41, 5.74) is 1.35. The highest BCUT2D eigenvalue weighted by Crippen LogP contribution is 2.40. The third-order valence-corrected chi connectivity index (χ3v) is 7.45. The van der Waals surface area contributed by atoms with E-state index in [9.17, 15) is 8.42 Å². The Morgan fingerprint density at radius 1 is 1.12 bits per heavy atom. The Labute approximate surface area is 161 Å². The molecule has 2 aromatic rings. The molecule has 5 heteroatoms. The average Bonchev–Trinajstić information content (AvgIpc) is 2.74. The van der Waals surface area contributed by atoms with Gasteiger partial charge in [0.15, 0.2) is 9.84 Å². The lowest BCUT2D eigenvalue weighted by molar-refractivity contribution is 0.329. The standard InChI is InChI=1S/C21H26ClNO2S/c1-3-5-8-18-15-26(24,25)20-10-7-6-9-19(20)21(4-2,23-18)16-11-13-17(22)14-12-16/h6-7,9-14,18,23H,3-5,8,15H2,1-2H3. The van der Waals surface area contributed by atoms with Crippen molar-refractivity contribution >= 4 is 21.4 Å².